The van der Waals surface area contributed by atoms with Crippen molar-refractivity contribution in [3.63, 3.8) is 0 Å². The van der Waals surface area contributed by atoms with Crippen LogP contribution in [0.5, 0.6) is 0 Å². The number of benzene rings is 2. The Hall–Kier alpha value is -1.86. The highest BCUT2D eigenvalue weighted by molar-refractivity contribution is 7.85. The second-order valence-electron chi connectivity index (χ2n) is 6.27. The Labute approximate surface area is 163 Å². The van der Waals surface area contributed by atoms with Gasteiger partial charge in [0.15, 0.2) is 0 Å². The molecule has 0 saturated carbocycles. The van der Waals surface area contributed by atoms with Crippen LogP contribution in [0.1, 0.15) is 29.2 Å². The third kappa shape index (κ3) is 5.56. The highest BCUT2D eigenvalue weighted by Gasteiger charge is 2.34. The number of hydrogen-bond acceptors (Lipinski definition) is 2. The Bertz CT molecular complexity index is 884. The third-order valence-electron chi connectivity index (χ3n) is 4.11. The lowest BCUT2D eigenvalue weighted by Gasteiger charge is -2.17. The van der Waals surface area contributed by atoms with E-state index in [1.54, 1.807) is 0 Å². The van der Waals surface area contributed by atoms with Crippen molar-refractivity contribution in [2.75, 3.05) is 5.32 Å². The fraction of sp³-hybridized carbons (Fsp3) is 0.316. The van der Waals surface area contributed by atoms with Gasteiger partial charge in [0, 0.05) is 21.6 Å². The van der Waals surface area contributed by atoms with Gasteiger partial charge in [-0.15, -0.1) is 0 Å². The zero-order valence-corrected chi connectivity index (χ0v) is 16.6. The normalized spacial score (nSPS) is 13.9. The first-order valence-corrected chi connectivity index (χ1v) is 9.86. The predicted molar refractivity (Wildman–Crippen MR) is 102 cm³/mol. The van der Waals surface area contributed by atoms with E-state index in [9.17, 15) is 22.2 Å². The molecule has 0 radical (unpaired) electrons. The number of nitrogens with one attached hydrogen (secondary N) is 1. The van der Waals surface area contributed by atoms with Crippen molar-refractivity contribution in [1.82, 2.24) is 0 Å². The average Bonchev–Trinajstić information content (AvgIpc) is 2.58. The summed E-state index contributed by atoms with van der Waals surface area (Å²) < 4.78 is 52.0. The number of rotatable bonds is 5. The molecular weight excluding hydrogens is 399 g/mol. The molecule has 0 saturated heterocycles. The SMILES string of the molecule is Cc1ccc(C)c(C[S@](=O)[C@H](C)C(=O)Nc2ccc(Cl)cc2C(F)(F)F)c1. The standard InChI is InChI=1S/C19H19ClF3NO2S/c1-11-4-5-12(2)14(8-11)10-27(26)13(3)18(25)24-17-7-6-15(20)9-16(17)19(21,22)23/h4-9,13H,10H2,1-3H3,(H,24,25)/t13-,27+/m1/s1. The van der Waals surface area contributed by atoms with Crippen molar-refractivity contribution in [2.45, 2.75) is 38.0 Å². The third-order valence-corrected chi connectivity index (χ3v) is 5.94. The summed E-state index contributed by atoms with van der Waals surface area (Å²) in [7, 11) is -1.59. The van der Waals surface area contributed by atoms with Crippen LogP contribution in [0.2, 0.25) is 5.02 Å². The quantitative estimate of drug-likeness (QED) is 0.722. The summed E-state index contributed by atoms with van der Waals surface area (Å²) in [4.78, 5) is 12.4. The van der Waals surface area contributed by atoms with E-state index in [1.807, 2.05) is 32.0 Å². The van der Waals surface area contributed by atoms with E-state index in [0.29, 0.717) is 0 Å². The molecule has 27 heavy (non-hydrogen) atoms. The monoisotopic (exact) mass is 417 g/mol. The highest BCUT2D eigenvalue weighted by atomic mass is 35.5. The van der Waals surface area contributed by atoms with Gasteiger partial charge < -0.3 is 5.32 Å². The summed E-state index contributed by atoms with van der Waals surface area (Å²) >= 11 is 5.63. The summed E-state index contributed by atoms with van der Waals surface area (Å²) in [6, 6.07) is 8.80. The molecule has 0 bridgehead atoms. The van der Waals surface area contributed by atoms with E-state index in [4.69, 9.17) is 11.6 Å². The van der Waals surface area contributed by atoms with E-state index in [2.05, 4.69) is 5.32 Å². The molecule has 0 aliphatic rings. The Kier molecular flexibility index (Phi) is 6.70. The summed E-state index contributed by atoms with van der Waals surface area (Å²) in [6.07, 6.45) is -4.67. The fourth-order valence-corrected chi connectivity index (χ4v) is 3.79. The lowest BCUT2D eigenvalue weighted by Crippen LogP contribution is -2.30. The molecule has 0 spiro atoms. The van der Waals surface area contributed by atoms with Gasteiger partial charge in [-0.2, -0.15) is 13.2 Å². The number of hydrogen-bond donors (Lipinski definition) is 1. The molecule has 0 fully saturated rings. The molecule has 0 aromatic heterocycles. The van der Waals surface area contributed by atoms with Gasteiger partial charge in [-0.1, -0.05) is 35.4 Å². The molecule has 2 aromatic rings. The number of amides is 1. The van der Waals surface area contributed by atoms with Crippen molar-refractivity contribution in [3.05, 3.63) is 63.7 Å². The maximum Gasteiger partial charge on any atom is 0.418 e. The Morgan fingerprint density at radius 1 is 1.19 bits per heavy atom. The zero-order chi connectivity index (χ0) is 20.4. The predicted octanol–water partition coefficient (Wildman–Crippen LogP) is 5.25. The molecular formula is C19H19ClF3NO2S. The zero-order valence-electron chi connectivity index (χ0n) is 15.0. The van der Waals surface area contributed by atoms with Crippen molar-refractivity contribution in [3.8, 4) is 0 Å². The van der Waals surface area contributed by atoms with Gasteiger partial charge in [0.05, 0.1) is 11.3 Å². The first kappa shape index (κ1) is 21.4. The number of halogens is 4. The second kappa shape index (κ2) is 8.44. The number of aryl methyl sites for hydroxylation is 2. The van der Waals surface area contributed by atoms with E-state index in [1.165, 1.54) is 13.0 Å². The fourth-order valence-electron chi connectivity index (χ4n) is 2.45. The van der Waals surface area contributed by atoms with Crippen molar-refractivity contribution >= 4 is 34.0 Å². The highest BCUT2D eigenvalue weighted by Crippen LogP contribution is 2.36. The lowest BCUT2D eigenvalue weighted by molar-refractivity contribution is -0.137. The van der Waals surface area contributed by atoms with Crippen molar-refractivity contribution in [2.24, 2.45) is 0 Å². The lowest BCUT2D eigenvalue weighted by atomic mass is 10.1. The smallest absolute Gasteiger partial charge is 0.324 e. The van der Waals surface area contributed by atoms with Crippen molar-refractivity contribution in [1.29, 1.82) is 0 Å². The first-order chi connectivity index (χ1) is 12.5. The van der Waals surface area contributed by atoms with E-state index in [0.717, 1.165) is 28.8 Å². The van der Waals surface area contributed by atoms with Gasteiger partial charge in [0.25, 0.3) is 0 Å². The average molecular weight is 418 g/mol. The number of carbonyl (C=O) groups is 1. The molecule has 2 rings (SSSR count). The second-order valence-corrected chi connectivity index (χ2v) is 8.47. The Balaban J connectivity index is 2.16. The molecule has 2 aromatic carbocycles. The largest absolute Gasteiger partial charge is 0.418 e. The summed E-state index contributed by atoms with van der Waals surface area (Å²) in [5, 5.41) is 1.15. The molecule has 2 atom stereocenters. The van der Waals surface area contributed by atoms with Gasteiger partial charge in [-0.25, -0.2) is 0 Å². The topological polar surface area (TPSA) is 46.2 Å². The minimum Gasteiger partial charge on any atom is -0.324 e. The summed E-state index contributed by atoms with van der Waals surface area (Å²) in [5.74, 6) is -0.596. The molecule has 0 unspecified atom stereocenters. The Morgan fingerprint density at radius 3 is 2.48 bits per heavy atom. The molecule has 0 aliphatic carbocycles. The molecule has 0 heterocycles. The van der Waals surface area contributed by atoms with Crippen LogP contribution in [0.25, 0.3) is 0 Å². The molecule has 8 heteroatoms. The van der Waals surface area contributed by atoms with Gasteiger partial charge in [-0.05, 0) is 50.1 Å². The maximum atomic E-state index is 13.1. The van der Waals surface area contributed by atoms with Gasteiger partial charge in [-0.3, -0.25) is 9.00 Å². The van der Waals surface area contributed by atoms with Gasteiger partial charge in [0.2, 0.25) is 5.91 Å². The number of anilines is 1. The van der Waals surface area contributed by atoms with E-state index in [-0.39, 0.29) is 10.8 Å². The van der Waals surface area contributed by atoms with Crippen LogP contribution in [0.4, 0.5) is 18.9 Å². The van der Waals surface area contributed by atoms with Gasteiger partial charge >= 0.3 is 6.18 Å². The molecule has 1 amide bonds. The summed E-state index contributed by atoms with van der Waals surface area (Å²) in [5.41, 5.74) is 1.33. The van der Waals surface area contributed by atoms with E-state index < -0.39 is 39.4 Å². The van der Waals surface area contributed by atoms with Crippen LogP contribution in [0.15, 0.2) is 36.4 Å². The minimum absolute atomic E-state index is 0.0909. The van der Waals surface area contributed by atoms with Crippen LogP contribution in [0, 0.1) is 13.8 Å². The summed E-state index contributed by atoms with van der Waals surface area (Å²) in [6.45, 7) is 5.21. The Morgan fingerprint density at radius 2 is 1.85 bits per heavy atom. The molecule has 0 aliphatic heterocycles. The van der Waals surface area contributed by atoms with Crippen molar-refractivity contribution < 1.29 is 22.2 Å². The van der Waals surface area contributed by atoms with Crippen LogP contribution in [-0.4, -0.2) is 15.4 Å². The molecule has 3 nitrogen and oxygen atoms in total. The van der Waals surface area contributed by atoms with Crippen LogP contribution >= 0.6 is 11.6 Å². The van der Waals surface area contributed by atoms with Crippen LogP contribution in [0.3, 0.4) is 0 Å². The number of carbonyl (C=O) groups excluding carboxylic acids is 1. The van der Waals surface area contributed by atoms with Crippen LogP contribution in [-0.2, 0) is 27.5 Å². The number of alkyl halides is 3. The first-order valence-electron chi connectivity index (χ1n) is 8.10. The van der Waals surface area contributed by atoms with E-state index >= 15 is 0 Å². The molecule has 1 N–H and O–H groups in total. The van der Waals surface area contributed by atoms with Gasteiger partial charge in [0.1, 0.15) is 5.25 Å². The minimum atomic E-state index is -4.67. The maximum absolute atomic E-state index is 13.1. The van der Waals surface area contributed by atoms with Crippen LogP contribution < -0.4 is 5.32 Å². The molecule has 146 valence electrons.